The van der Waals surface area contributed by atoms with Crippen LogP contribution >= 0.6 is 11.6 Å². The first-order valence-electron chi connectivity index (χ1n) is 10.5. The first kappa shape index (κ1) is 22.0. The van der Waals surface area contributed by atoms with Gasteiger partial charge >= 0.3 is 0 Å². The number of ether oxygens (including phenoxy) is 1. The summed E-state index contributed by atoms with van der Waals surface area (Å²) in [6.07, 6.45) is 0.671. The number of carbonyl (C=O) groups is 2. The third-order valence-corrected chi connectivity index (χ3v) is 6.15. The van der Waals surface area contributed by atoms with Gasteiger partial charge in [0.15, 0.2) is 0 Å². The summed E-state index contributed by atoms with van der Waals surface area (Å²) in [5.74, 6) is -1.38. The van der Waals surface area contributed by atoms with Crippen LogP contribution in [0.2, 0.25) is 5.02 Å². The molecule has 1 aliphatic heterocycles. The summed E-state index contributed by atoms with van der Waals surface area (Å²) in [7, 11) is 1.45. The number of nitrogens with one attached hydrogen (secondary N) is 1. The summed E-state index contributed by atoms with van der Waals surface area (Å²) in [6, 6.07) is 10.4. The molecule has 1 aromatic heterocycles. The van der Waals surface area contributed by atoms with E-state index in [9.17, 15) is 14.7 Å². The van der Waals surface area contributed by atoms with Gasteiger partial charge < -0.3 is 19.7 Å². The number of ketones is 1. The number of amides is 1. The number of hydrogen-bond acceptors (Lipinski definition) is 4. The number of carbonyl (C=O) groups excluding carboxylic acids is 2. The third-order valence-electron chi connectivity index (χ3n) is 5.87. The second kappa shape index (κ2) is 8.36. The van der Waals surface area contributed by atoms with Crippen LogP contribution in [-0.4, -0.2) is 40.3 Å². The number of rotatable bonds is 5. The molecule has 0 radical (unpaired) electrons. The zero-order valence-corrected chi connectivity index (χ0v) is 19.2. The molecule has 32 heavy (non-hydrogen) atoms. The van der Waals surface area contributed by atoms with Crippen LogP contribution < -0.4 is 4.74 Å². The van der Waals surface area contributed by atoms with Crippen LogP contribution in [0.3, 0.4) is 0 Å². The number of aliphatic hydroxyl groups is 1. The number of para-hydroxylation sites is 1. The largest absolute Gasteiger partial charge is 0.507 e. The molecule has 0 spiro atoms. The normalized spacial score (nSPS) is 18.0. The molecule has 0 bridgehead atoms. The van der Waals surface area contributed by atoms with Crippen LogP contribution in [0.4, 0.5) is 0 Å². The highest BCUT2D eigenvalue weighted by molar-refractivity contribution is 6.47. The molecule has 4 rings (SSSR count). The second-order valence-electron chi connectivity index (χ2n) is 8.03. The van der Waals surface area contributed by atoms with Crippen molar-refractivity contribution in [2.24, 2.45) is 0 Å². The molecule has 1 atom stereocenters. The number of methoxy groups -OCH3 is 1. The van der Waals surface area contributed by atoms with E-state index in [4.69, 9.17) is 16.3 Å². The van der Waals surface area contributed by atoms with Gasteiger partial charge in [-0.15, -0.1) is 0 Å². The van der Waals surface area contributed by atoms with Crippen LogP contribution in [-0.2, 0) is 9.59 Å². The number of aromatic nitrogens is 1. The Balaban J connectivity index is 2.05. The molecule has 1 unspecified atom stereocenters. The van der Waals surface area contributed by atoms with E-state index in [1.54, 1.807) is 17.0 Å². The molecule has 166 valence electrons. The van der Waals surface area contributed by atoms with Gasteiger partial charge in [-0.25, -0.2) is 0 Å². The fraction of sp³-hybridized carbons (Fsp3) is 0.280. The molecule has 1 aliphatic rings. The molecule has 2 N–H and O–H groups in total. The fourth-order valence-corrected chi connectivity index (χ4v) is 4.91. The van der Waals surface area contributed by atoms with E-state index in [1.807, 2.05) is 45.0 Å². The number of aryl methyl sites for hydroxylation is 2. The molecule has 1 amide bonds. The van der Waals surface area contributed by atoms with Gasteiger partial charge in [0.05, 0.1) is 29.3 Å². The Labute approximate surface area is 191 Å². The second-order valence-corrected chi connectivity index (χ2v) is 8.44. The van der Waals surface area contributed by atoms with Crippen molar-refractivity contribution in [2.45, 2.75) is 33.2 Å². The van der Waals surface area contributed by atoms with E-state index < -0.39 is 17.7 Å². The van der Waals surface area contributed by atoms with Gasteiger partial charge in [-0.05, 0) is 44.0 Å². The van der Waals surface area contributed by atoms with Crippen molar-refractivity contribution in [2.75, 3.05) is 13.7 Å². The fourth-order valence-electron chi connectivity index (χ4n) is 4.56. The highest BCUT2D eigenvalue weighted by Crippen LogP contribution is 2.45. The number of fused-ring (bicyclic) bond motifs is 1. The maximum Gasteiger partial charge on any atom is 0.295 e. The number of aliphatic hydroxyl groups excluding tert-OH is 1. The van der Waals surface area contributed by atoms with Gasteiger partial charge in [0.2, 0.25) is 0 Å². The van der Waals surface area contributed by atoms with Crippen molar-refractivity contribution in [3.8, 4) is 5.75 Å². The van der Waals surface area contributed by atoms with Crippen LogP contribution in [0.15, 0.2) is 42.0 Å². The topological polar surface area (TPSA) is 82.6 Å². The Morgan fingerprint density at radius 1 is 1.22 bits per heavy atom. The number of hydrogen-bond donors (Lipinski definition) is 2. The Morgan fingerprint density at radius 2 is 1.94 bits per heavy atom. The molecular formula is C25H25ClN2O4. The van der Waals surface area contributed by atoms with E-state index in [0.29, 0.717) is 18.0 Å². The molecule has 6 nitrogen and oxygen atoms in total. The molecular weight excluding hydrogens is 428 g/mol. The number of nitrogens with zero attached hydrogens (tertiary/aromatic N) is 1. The Bertz CT molecular complexity index is 1270. The van der Waals surface area contributed by atoms with E-state index in [-0.39, 0.29) is 22.6 Å². The summed E-state index contributed by atoms with van der Waals surface area (Å²) < 4.78 is 5.43. The average molecular weight is 453 g/mol. The number of benzene rings is 2. The van der Waals surface area contributed by atoms with E-state index in [0.717, 1.165) is 27.7 Å². The Morgan fingerprint density at radius 3 is 2.62 bits per heavy atom. The van der Waals surface area contributed by atoms with E-state index >= 15 is 0 Å². The van der Waals surface area contributed by atoms with Gasteiger partial charge in [0.25, 0.3) is 11.7 Å². The molecule has 1 saturated heterocycles. The quantitative estimate of drug-likeness (QED) is 0.313. The lowest BCUT2D eigenvalue weighted by Gasteiger charge is -2.25. The maximum absolute atomic E-state index is 13.2. The minimum Gasteiger partial charge on any atom is -0.507 e. The van der Waals surface area contributed by atoms with E-state index in [2.05, 4.69) is 4.98 Å². The standard InChI is InChI=1S/C25H25ClN2O4/c1-5-10-28-21(19-14(3)27-18-9-7-6-8-15(18)19)20(23(30)25(28)31)22(29)16-11-13(2)12-17(26)24(16)32-4/h6-9,11-12,21,27,29H,5,10H2,1-4H3/b22-20+. The lowest BCUT2D eigenvalue weighted by atomic mass is 9.92. The Hall–Kier alpha value is -3.25. The first-order valence-corrected chi connectivity index (χ1v) is 10.9. The van der Waals surface area contributed by atoms with Gasteiger partial charge in [-0.1, -0.05) is 36.7 Å². The van der Waals surface area contributed by atoms with Crippen molar-refractivity contribution < 1.29 is 19.4 Å². The lowest BCUT2D eigenvalue weighted by Crippen LogP contribution is -2.30. The highest BCUT2D eigenvalue weighted by Gasteiger charge is 2.47. The van der Waals surface area contributed by atoms with Gasteiger partial charge in [0, 0.05) is 28.7 Å². The summed E-state index contributed by atoms with van der Waals surface area (Å²) in [4.78, 5) is 31.2. The average Bonchev–Trinajstić information content (AvgIpc) is 3.21. The molecule has 7 heteroatoms. The van der Waals surface area contributed by atoms with Crippen LogP contribution in [0.5, 0.6) is 5.75 Å². The summed E-state index contributed by atoms with van der Waals surface area (Å²) in [5, 5.41) is 12.6. The monoisotopic (exact) mass is 452 g/mol. The molecule has 1 fully saturated rings. The smallest absolute Gasteiger partial charge is 0.295 e. The van der Waals surface area contributed by atoms with Gasteiger partial charge in [0.1, 0.15) is 11.5 Å². The first-order chi connectivity index (χ1) is 15.3. The maximum atomic E-state index is 13.2. The van der Waals surface area contributed by atoms with Crippen molar-refractivity contribution >= 4 is 40.0 Å². The van der Waals surface area contributed by atoms with Crippen LogP contribution in [0, 0.1) is 13.8 Å². The summed E-state index contributed by atoms with van der Waals surface area (Å²) >= 11 is 6.34. The minimum absolute atomic E-state index is 0.0382. The molecule has 0 aliphatic carbocycles. The summed E-state index contributed by atoms with van der Waals surface area (Å²) in [5.41, 5.74) is 3.65. The summed E-state index contributed by atoms with van der Waals surface area (Å²) in [6.45, 7) is 6.07. The number of Topliss-reactive ketones (excluding diaryl/α,β-unsaturated/α-hetero) is 1. The van der Waals surface area contributed by atoms with Crippen molar-refractivity contribution in [3.05, 3.63) is 69.4 Å². The SMILES string of the molecule is CCCN1C(=O)C(=O)/C(=C(/O)c2cc(C)cc(Cl)c2OC)C1c1c(C)[nH]c2ccccc12. The van der Waals surface area contributed by atoms with Gasteiger partial charge in [-0.2, -0.15) is 0 Å². The predicted molar refractivity (Wildman–Crippen MR) is 125 cm³/mol. The lowest BCUT2D eigenvalue weighted by molar-refractivity contribution is -0.139. The Kier molecular flexibility index (Phi) is 5.73. The molecule has 3 aromatic rings. The third kappa shape index (κ3) is 3.35. The highest BCUT2D eigenvalue weighted by atomic mass is 35.5. The number of H-pyrrole nitrogens is 1. The molecule has 2 aromatic carbocycles. The number of halogens is 1. The zero-order valence-electron chi connectivity index (χ0n) is 18.5. The minimum atomic E-state index is -0.727. The molecule has 2 heterocycles. The van der Waals surface area contributed by atoms with Crippen molar-refractivity contribution in [1.82, 2.24) is 9.88 Å². The van der Waals surface area contributed by atoms with E-state index in [1.165, 1.54) is 7.11 Å². The van der Waals surface area contributed by atoms with Gasteiger partial charge in [-0.3, -0.25) is 9.59 Å². The van der Waals surface area contributed by atoms with Crippen molar-refractivity contribution in [1.29, 1.82) is 0 Å². The number of likely N-dealkylation sites (tertiary alicyclic amines) is 1. The molecule has 0 saturated carbocycles. The van der Waals surface area contributed by atoms with Crippen LogP contribution in [0.1, 0.15) is 41.8 Å². The van der Waals surface area contributed by atoms with Crippen LogP contribution in [0.25, 0.3) is 16.7 Å². The number of aromatic amines is 1. The zero-order chi connectivity index (χ0) is 23.2. The predicted octanol–water partition coefficient (Wildman–Crippen LogP) is 5.28. The van der Waals surface area contributed by atoms with Crippen molar-refractivity contribution in [3.63, 3.8) is 0 Å².